The number of fused-ring (bicyclic) bond motifs is 1. The number of hydrogen-bond donors (Lipinski definition) is 9. The molecule has 3 heterocycles. The third-order valence-electron chi connectivity index (χ3n) is 7.49. The van der Waals surface area contributed by atoms with Gasteiger partial charge in [-0.05, 0) is 25.1 Å². The molecule has 1 aromatic heterocycles. The van der Waals surface area contributed by atoms with Crippen molar-refractivity contribution in [1.82, 2.24) is 0 Å². The van der Waals surface area contributed by atoms with Crippen LogP contribution in [0.4, 0.5) is 0 Å². The number of rotatable bonds is 7. The second-order valence-corrected chi connectivity index (χ2v) is 10.5. The second kappa shape index (κ2) is 12.4. The summed E-state index contributed by atoms with van der Waals surface area (Å²) in [4.78, 5) is 13.7. The number of aliphatic hydroxyl groups is 6. The van der Waals surface area contributed by atoms with E-state index in [9.17, 15) is 50.8 Å². The van der Waals surface area contributed by atoms with E-state index in [2.05, 4.69) is 0 Å². The van der Waals surface area contributed by atoms with E-state index >= 15 is 0 Å². The summed E-state index contributed by atoms with van der Waals surface area (Å²) < 4.78 is 33.1. The summed E-state index contributed by atoms with van der Waals surface area (Å²) in [6.07, 6.45) is -16.0. The number of aliphatic hydroxyl groups excluding tert-OH is 6. The molecule has 0 saturated carbocycles. The lowest BCUT2D eigenvalue weighted by Crippen LogP contribution is -2.61. The fourth-order valence-electron chi connectivity index (χ4n) is 5.01. The van der Waals surface area contributed by atoms with Crippen LogP contribution < -0.4 is 14.9 Å². The molecule has 0 unspecified atom stereocenters. The Morgan fingerprint density at radius 2 is 1.48 bits per heavy atom. The van der Waals surface area contributed by atoms with Crippen LogP contribution in [0.15, 0.2) is 39.5 Å². The van der Waals surface area contributed by atoms with Crippen molar-refractivity contribution in [3.8, 4) is 40.1 Å². The van der Waals surface area contributed by atoms with E-state index in [0.717, 1.165) is 12.1 Å². The molecule has 0 aliphatic carbocycles. The molecule has 16 heteroatoms. The fraction of sp³-hybridized carbons (Fsp3) is 0.464. The van der Waals surface area contributed by atoms with Crippen molar-refractivity contribution < 1.29 is 74.1 Å². The third-order valence-corrected chi connectivity index (χ3v) is 7.49. The second-order valence-electron chi connectivity index (χ2n) is 10.5. The molecule has 2 aliphatic rings. The van der Waals surface area contributed by atoms with E-state index in [4.69, 9.17) is 28.1 Å². The van der Waals surface area contributed by atoms with Crippen LogP contribution in [-0.4, -0.2) is 121 Å². The van der Waals surface area contributed by atoms with Crippen LogP contribution in [0.2, 0.25) is 0 Å². The maximum absolute atomic E-state index is 13.7. The molecule has 0 bridgehead atoms. The maximum atomic E-state index is 13.7. The van der Waals surface area contributed by atoms with Crippen LogP contribution in [0, 0.1) is 0 Å². The molecule has 2 aliphatic heterocycles. The lowest BCUT2D eigenvalue weighted by molar-refractivity contribution is -0.318. The third kappa shape index (κ3) is 5.74. The maximum Gasteiger partial charge on any atom is 0.239 e. The number of aromatic hydroxyl groups is 3. The summed E-state index contributed by atoms with van der Waals surface area (Å²) >= 11 is 0. The van der Waals surface area contributed by atoms with Gasteiger partial charge in [0.2, 0.25) is 17.5 Å². The number of ether oxygens (including phenoxy) is 5. The van der Waals surface area contributed by atoms with Crippen LogP contribution in [-0.2, 0) is 14.2 Å². The minimum atomic E-state index is -1.95. The van der Waals surface area contributed by atoms with Gasteiger partial charge in [-0.2, -0.15) is 0 Å². The van der Waals surface area contributed by atoms with Crippen molar-refractivity contribution in [2.75, 3.05) is 13.7 Å². The lowest BCUT2D eigenvalue weighted by atomic mass is 9.98. The topological polar surface area (TPSA) is 258 Å². The van der Waals surface area contributed by atoms with Gasteiger partial charge < -0.3 is 74.1 Å². The Hall–Kier alpha value is -3.71. The molecule has 9 N–H and O–H groups in total. The van der Waals surface area contributed by atoms with Crippen LogP contribution in [0.1, 0.15) is 6.92 Å². The Bertz CT molecular complexity index is 1560. The number of benzene rings is 2. The highest BCUT2D eigenvalue weighted by Gasteiger charge is 2.47. The standard InChI is InChI=1S/C28H32O16/c1-9-18(32)21(35)23(37)27(41-9)40-8-16-19(33)22(36)24(38)28(43-16)44-26-20(34)17-13(31)6-11(29)7-15(17)42-25(26)10-3-4-14(39-2)12(30)5-10/h3-7,9,16,18-19,21-24,27-33,35-38H,8H2,1-2H3/t9-,16+,18-,19-,21+,22-,23+,24+,27+,28+/m0/s1. The minimum absolute atomic E-state index is 0.0594. The number of methoxy groups -OCH3 is 1. The van der Waals surface area contributed by atoms with Crippen molar-refractivity contribution >= 4 is 11.0 Å². The Morgan fingerprint density at radius 1 is 0.795 bits per heavy atom. The number of phenolic OH excluding ortho intramolecular Hbond substituents is 3. The lowest BCUT2D eigenvalue weighted by Gasteiger charge is -2.42. The average molecular weight is 625 g/mol. The molecular weight excluding hydrogens is 592 g/mol. The highest BCUT2D eigenvalue weighted by atomic mass is 16.7. The molecule has 0 spiro atoms. The van der Waals surface area contributed by atoms with Gasteiger partial charge in [0.15, 0.2) is 23.5 Å². The van der Waals surface area contributed by atoms with Crippen molar-refractivity contribution in [1.29, 1.82) is 0 Å². The zero-order chi connectivity index (χ0) is 32.0. The molecule has 44 heavy (non-hydrogen) atoms. The fourth-order valence-corrected chi connectivity index (χ4v) is 5.01. The first-order chi connectivity index (χ1) is 20.8. The van der Waals surface area contributed by atoms with Gasteiger partial charge in [0, 0.05) is 17.7 Å². The molecule has 2 aromatic carbocycles. The molecule has 240 valence electrons. The summed E-state index contributed by atoms with van der Waals surface area (Å²) in [5.41, 5.74) is -1.19. The smallest absolute Gasteiger partial charge is 0.239 e. The SMILES string of the molecule is COc1ccc(-c2oc3cc(O)cc(O)c3c(=O)c2O[C@H]2O[C@H](CO[C@@H]3O[C@@H](C)[C@H](O)[C@@H](O)[C@H]3O)[C@H](O)[C@H](O)[C@H]2O)cc1O. The molecule has 5 rings (SSSR count). The van der Waals surface area contributed by atoms with Crippen LogP contribution in [0.3, 0.4) is 0 Å². The van der Waals surface area contributed by atoms with Crippen LogP contribution in [0.5, 0.6) is 28.7 Å². The summed E-state index contributed by atoms with van der Waals surface area (Å²) in [7, 11) is 1.32. The molecule has 2 fully saturated rings. The van der Waals surface area contributed by atoms with Gasteiger partial charge in [0.05, 0.1) is 19.8 Å². The molecule has 0 radical (unpaired) electrons. The minimum Gasteiger partial charge on any atom is -0.508 e. The Morgan fingerprint density at radius 3 is 2.16 bits per heavy atom. The van der Waals surface area contributed by atoms with Gasteiger partial charge in [-0.15, -0.1) is 0 Å². The van der Waals surface area contributed by atoms with E-state index in [-0.39, 0.29) is 28.4 Å². The van der Waals surface area contributed by atoms with Gasteiger partial charge in [0.1, 0.15) is 65.2 Å². The van der Waals surface area contributed by atoms with E-state index in [1.54, 1.807) is 0 Å². The molecular formula is C28H32O16. The van der Waals surface area contributed by atoms with Crippen LogP contribution >= 0.6 is 0 Å². The van der Waals surface area contributed by atoms with E-state index in [1.807, 2.05) is 0 Å². The zero-order valence-corrected chi connectivity index (χ0v) is 23.3. The molecule has 3 aromatic rings. The Labute approximate surface area is 248 Å². The average Bonchev–Trinajstić information content (AvgIpc) is 2.98. The van der Waals surface area contributed by atoms with Gasteiger partial charge in [0.25, 0.3) is 0 Å². The summed E-state index contributed by atoms with van der Waals surface area (Å²) in [5, 5.41) is 92.3. The molecule has 16 nitrogen and oxygen atoms in total. The van der Waals surface area contributed by atoms with Crippen molar-refractivity contribution in [2.45, 2.75) is 68.3 Å². The first kappa shape index (κ1) is 31.7. The van der Waals surface area contributed by atoms with E-state index < -0.39 is 96.1 Å². The van der Waals surface area contributed by atoms with Crippen molar-refractivity contribution in [2.24, 2.45) is 0 Å². The van der Waals surface area contributed by atoms with Gasteiger partial charge in [-0.1, -0.05) is 0 Å². The number of hydrogen-bond acceptors (Lipinski definition) is 16. The predicted molar refractivity (Wildman–Crippen MR) is 145 cm³/mol. The first-order valence-corrected chi connectivity index (χ1v) is 13.4. The van der Waals surface area contributed by atoms with Gasteiger partial charge in [-0.3, -0.25) is 4.79 Å². The number of phenols is 3. The highest BCUT2D eigenvalue weighted by Crippen LogP contribution is 2.39. The molecule has 2 saturated heterocycles. The highest BCUT2D eigenvalue weighted by molar-refractivity contribution is 5.88. The van der Waals surface area contributed by atoms with Gasteiger partial charge >= 0.3 is 0 Å². The van der Waals surface area contributed by atoms with E-state index in [0.29, 0.717) is 0 Å². The summed E-state index contributed by atoms with van der Waals surface area (Å²) in [6.45, 7) is 0.841. The molecule has 0 amide bonds. The quantitative estimate of drug-likeness (QED) is 0.147. The first-order valence-electron chi connectivity index (χ1n) is 13.4. The normalized spacial score (nSPS) is 32.5. The van der Waals surface area contributed by atoms with Gasteiger partial charge in [-0.25, -0.2) is 0 Å². The van der Waals surface area contributed by atoms with Crippen LogP contribution in [0.25, 0.3) is 22.3 Å². The Kier molecular flexibility index (Phi) is 8.90. The summed E-state index contributed by atoms with van der Waals surface area (Å²) in [5.74, 6) is -2.33. The molecule has 10 atom stereocenters. The largest absolute Gasteiger partial charge is 0.508 e. The Balaban J connectivity index is 1.48. The van der Waals surface area contributed by atoms with Crippen molar-refractivity contribution in [3.63, 3.8) is 0 Å². The predicted octanol–water partition coefficient (Wildman–Crippen LogP) is -1.38. The van der Waals surface area contributed by atoms with Crippen molar-refractivity contribution in [3.05, 3.63) is 40.6 Å². The summed E-state index contributed by atoms with van der Waals surface area (Å²) in [6, 6.07) is 5.88. The van der Waals surface area contributed by atoms with E-state index in [1.165, 1.54) is 32.2 Å². The monoisotopic (exact) mass is 624 g/mol. The zero-order valence-electron chi connectivity index (χ0n) is 23.3.